The molecule has 2 bridgehead atoms. The van der Waals surface area contributed by atoms with E-state index in [2.05, 4.69) is 18.7 Å². The number of nitrogens with zero attached hydrogens (tertiary/aromatic N) is 1. The highest BCUT2D eigenvalue weighted by Gasteiger charge is 2.58. The van der Waals surface area contributed by atoms with E-state index >= 15 is 0 Å². The Morgan fingerprint density at radius 2 is 1.80 bits per heavy atom. The Hall–Kier alpha value is -0.0800. The molecule has 3 saturated carbocycles. The van der Waals surface area contributed by atoms with Gasteiger partial charge in [0, 0.05) is 6.04 Å². The topological polar surface area (TPSA) is 23.5 Å². The number of rotatable bonds is 1. The SMILES string of the molecule is CC1(C)[C@H]2C[C@H](O)[C@@H](N3CCCC3)[C@@H]1C2. The van der Waals surface area contributed by atoms with Crippen LogP contribution in [0.1, 0.15) is 39.5 Å². The molecule has 4 fully saturated rings. The van der Waals surface area contributed by atoms with Gasteiger partial charge in [-0.3, -0.25) is 4.90 Å². The quantitative estimate of drug-likeness (QED) is 0.713. The summed E-state index contributed by atoms with van der Waals surface area (Å²) in [6.45, 7) is 7.25. The summed E-state index contributed by atoms with van der Waals surface area (Å²) in [7, 11) is 0. The Morgan fingerprint density at radius 3 is 2.40 bits per heavy atom. The van der Waals surface area contributed by atoms with Crippen LogP contribution in [0, 0.1) is 17.3 Å². The molecule has 0 radical (unpaired) electrons. The second-order valence-corrected chi connectivity index (χ2v) is 6.40. The fraction of sp³-hybridized carbons (Fsp3) is 1.00. The van der Waals surface area contributed by atoms with Crippen molar-refractivity contribution in [3.05, 3.63) is 0 Å². The molecular weight excluding hydrogens is 186 g/mol. The van der Waals surface area contributed by atoms with Gasteiger partial charge in [-0.2, -0.15) is 0 Å². The fourth-order valence-electron chi connectivity index (χ4n) is 4.27. The minimum absolute atomic E-state index is 0.0418. The van der Waals surface area contributed by atoms with Crippen LogP contribution in [0.3, 0.4) is 0 Å². The van der Waals surface area contributed by atoms with Crippen molar-refractivity contribution in [2.75, 3.05) is 13.1 Å². The largest absolute Gasteiger partial charge is 0.391 e. The van der Waals surface area contributed by atoms with Gasteiger partial charge in [0.25, 0.3) is 0 Å². The Labute approximate surface area is 92.7 Å². The maximum absolute atomic E-state index is 10.2. The molecule has 1 saturated heterocycles. The molecule has 0 aromatic heterocycles. The normalized spacial score (nSPS) is 49.0. The average molecular weight is 209 g/mol. The van der Waals surface area contributed by atoms with E-state index in [4.69, 9.17) is 0 Å². The molecule has 2 heteroatoms. The van der Waals surface area contributed by atoms with Gasteiger partial charge in [0.05, 0.1) is 6.10 Å². The summed E-state index contributed by atoms with van der Waals surface area (Å²) < 4.78 is 0. The summed E-state index contributed by atoms with van der Waals surface area (Å²) in [6.07, 6.45) is 5.04. The van der Waals surface area contributed by atoms with Crippen molar-refractivity contribution in [2.45, 2.75) is 51.7 Å². The molecule has 15 heavy (non-hydrogen) atoms. The smallest absolute Gasteiger partial charge is 0.0701 e. The Morgan fingerprint density at radius 1 is 1.13 bits per heavy atom. The van der Waals surface area contributed by atoms with Gasteiger partial charge >= 0.3 is 0 Å². The first-order valence-electron chi connectivity index (χ1n) is 6.53. The van der Waals surface area contributed by atoms with Crippen LogP contribution in [-0.4, -0.2) is 35.2 Å². The summed E-state index contributed by atoms with van der Waals surface area (Å²) in [5, 5.41) is 10.2. The third-order valence-electron chi connectivity index (χ3n) is 5.44. The molecule has 4 aliphatic rings. The standard InChI is InChI=1S/C13H23NO/c1-13(2)9-7-10(13)12(11(15)8-9)14-5-3-4-6-14/h9-12,15H,3-8H2,1-2H3/t9-,10+,11+,12+/m1/s1. The van der Waals surface area contributed by atoms with Gasteiger partial charge in [0.2, 0.25) is 0 Å². The van der Waals surface area contributed by atoms with Crippen LogP contribution in [0.4, 0.5) is 0 Å². The number of aliphatic hydroxyl groups excluding tert-OH is 1. The van der Waals surface area contributed by atoms with Crippen molar-refractivity contribution in [3.63, 3.8) is 0 Å². The summed E-state index contributed by atoms with van der Waals surface area (Å²) in [4.78, 5) is 2.56. The number of likely N-dealkylation sites (tertiary alicyclic amines) is 1. The van der Waals surface area contributed by atoms with E-state index in [-0.39, 0.29) is 6.10 Å². The van der Waals surface area contributed by atoms with Gasteiger partial charge in [0.1, 0.15) is 0 Å². The van der Waals surface area contributed by atoms with Gasteiger partial charge in [-0.15, -0.1) is 0 Å². The molecule has 1 aliphatic heterocycles. The molecule has 1 N–H and O–H groups in total. The summed E-state index contributed by atoms with van der Waals surface area (Å²) in [5.41, 5.74) is 0.493. The summed E-state index contributed by atoms with van der Waals surface area (Å²) >= 11 is 0. The lowest BCUT2D eigenvalue weighted by Gasteiger charge is -2.63. The highest BCUT2D eigenvalue weighted by molar-refractivity contribution is 5.10. The molecule has 0 amide bonds. The van der Waals surface area contributed by atoms with Crippen LogP contribution >= 0.6 is 0 Å². The zero-order chi connectivity index (χ0) is 10.6. The van der Waals surface area contributed by atoms with Crippen molar-refractivity contribution in [1.82, 2.24) is 4.90 Å². The summed E-state index contributed by atoms with van der Waals surface area (Å²) in [6, 6.07) is 0.479. The van der Waals surface area contributed by atoms with Gasteiger partial charge < -0.3 is 5.11 Å². The minimum atomic E-state index is -0.0418. The van der Waals surface area contributed by atoms with E-state index in [1.165, 1.54) is 32.4 Å². The number of aliphatic hydroxyl groups is 1. The first-order chi connectivity index (χ1) is 7.10. The molecule has 0 aromatic carbocycles. The van der Waals surface area contributed by atoms with Crippen molar-refractivity contribution in [1.29, 1.82) is 0 Å². The lowest BCUT2D eigenvalue weighted by atomic mass is 9.46. The van der Waals surface area contributed by atoms with Crippen molar-refractivity contribution in [2.24, 2.45) is 17.3 Å². The Kier molecular flexibility index (Phi) is 2.16. The van der Waals surface area contributed by atoms with Crippen molar-refractivity contribution in [3.8, 4) is 0 Å². The van der Waals surface area contributed by atoms with Crippen LogP contribution in [0.15, 0.2) is 0 Å². The van der Waals surface area contributed by atoms with Crippen LogP contribution < -0.4 is 0 Å². The number of hydrogen-bond acceptors (Lipinski definition) is 2. The van der Waals surface area contributed by atoms with E-state index < -0.39 is 0 Å². The predicted molar refractivity (Wildman–Crippen MR) is 60.6 cm³/mol. The highest BCUT2D eigenvalue weighted by Crippen LogP contribution is 2.60. The highest BCUT2D eigenvalue weighted by atomic mass is 16.3. The van der Waals surface area contributed by atoms with E-state index in [0.717, 1.165) is 18.3 Å². The molecular formula is C13H23NO. The van der Waals surface area contributed by atoms with Crippen molar-refractivity contribution >= 4 is 0 Å². The molecule has 3 aliphatic carbocycles. The van der Waals surface area contributed by atoms with E-state index in [1.807, 2.05) is 0 Å². The summed E-state index contributed by atoms with van der Waals surface area (Å²) in [5.74, 6) is 1.54. The first-order valence-corrected chi connectivity index (χ1v) is 6.53. The molecule has 86 valence electrons. The average Bonchev–Trinajstić information content (AvgIpc) is 2.70. The lowest BCUT2D eigenvalue weighted by molar-refractivity contribution is -0.168. The van der Waals surface area contributed by atoms with E-state index in [1.54, 1.807) is 0 Å². The van der Waals surface area contributed by atoms with Crippen LogP contribution in [0.2, 0.25) is 0 Å². The maximum Gasteiger partial charge on any atom is 0.0701 e. The van der Waals surface area contributed by atoms with Crippen LogP contribution in [0.25, 0.3) is 0 Å². The van der Waals surface area contributed by atoms with Gasteiger partial charge in [-0.1, -0.05) is 13.8 Å². The molecule has 4 rings (SSSR count). The number of hydrogen-bond donors (Lipinski definition) is 1. The third-order valence-corrected chi connectivity index (χ3v) is 5.44. The molecule has 2 nitrogen and oxygen atoms in total. The molecule has 4 atom stereocenters. The van der Waals surface area contributed by atoms with E-state index in [0.29, 0.717) is 11.5 Å². The van der Waals surface area contributed by atoms with Crippen LogP contribution in [-0.2, 0) is 0 Å². The predicted octanol–water partition coefficient (Wildman–Crippen LogP) is 1.88. The number of fused-ring (bicyclic) bond motifs is 2. The fourth-order valence-corrected chi connectivity index (χ4v) is 4.27. The molecule has 0 spiro atoms. The maximum atomic E-state index is 10.2. The van der Waals surface area contributed by atoms with Gasteiger partial charge in [0.15, 0.2) is 0 Å². The van der Waals surface area contributed by atoms with Crippen molar-refractivity contribution < 1.29 is 5.11 Å². The Bertz CT molecular complexity index is 257. The molecule has 0 aromatic rings. The monoisotopic (exact) mass is 209 g/mol. The zero-order valence-corrected chi connectivity index (χ0v) is 9.95. The second-order valence-electron chi connectivity index (χ2n) is 6.40. The second kappa shape index (κ2) is 3.21. The van der Waals surface area contributed by atoms with Gasteiger partial charge in [-0.05, 0) is 56.0 Å². The molecule has 0 unspecified atom stereocenters. The lowest BCUT2D eigenvalue weighted by Crippen LogP contribution is -2.64. The van der Waals surface area contributed by atoms with E-state index in [9.17, 15) is 5.11 Å². The van der Waals surface area contributed by atoms with Crippen LogP contribution in [0.5, 0.6) is 0 Å². The first kappa shape index (κ1) is 10.1. The third kappa shape index (κ3) is 1.31. The minimum Gasteiger partial charge on any atom is -0.391 e. The van der Waals surface area contributed by atoms with Gasteiger partial charge in [-0.25, -0.2) is 0 Å². The molecule has 1 heterocycles. The zero-order valence-electron chi connectivity index (χ0n) is 9.95. The Balaban J connectivity index is 1.80.